The minimum atomic E-state index is -3.47. The largest absolute Gasteiger partial charge is 0.302 e. The molecule has 12 heteroatoms. The predicted molar refractivity (Wildman–Crippen MR) is 114 cm³/mol. The van der Waals surface area contributed by atoms with Crippen LogP contribution in [0, 0.1) is 0 Å². The Hall–Kier alpha value is -2.28. The van der Waals surface area contributed by atoms with E-state index in [0.29, 0.717) is 23.9 Å². The average Bonchev–Trinajstić information content (AvgIpc) is 3.45. The van der Waals surface area contributed by atoms with Gasteiger partial charge in [-0.25, -0.2) is 13.4 Å². The van der Waals surface area contributed by atoms with Gasteiger partial charge in [0, 0.05) is 30.5 Å². The van der Waals surface area contributed by atoms with E-state index in [-0.39, 0.29) is 11.3 Å². The fourth-order valence-electron chi connectivity index (χ4n) is 3.21. The van der Waals surface area contributed by atoms with Gasteiger partial charge in [0.25, 0.3) is 5.24 Å². The Morgan fingerprint density at radius 2 is 1.90 bits per heavy atom. The molecule has 1 atom stereocenters. The Morgan fingerprint density at radius 1 is 1.20 bits per heavy atom. The van der Waals surface area contributed by atoms with Gasteiger partial charge < -0.3 is 5.32 Å². The van der Waals surface area contributed by atoms with Gasteiger partial charge in [0.15, 0.2) is 5.13 Å². The molecule has 1 aromatic heterocycles. The number of nitrogens with zero attached hydrogens (tertiary/aromatic N) is 2. The summed E-state index contributed by atoms with van der Waals surface area (Å²) < 4.78 is 26.7. The molecular formula is C18H18N4O5S3. The second kappa shape index (κ2) is 8.46. The highest BCUT2D eigenvalue weighted by Gasteiger charge is 2.33. The number of nitrogens with one attached hydrogen (secondary N) is 2. The van der Waals surface area contributed by atoms with Gasteiger partial charge in [0.1, 0.15) is 5.25 Å². The molecule has 0 bridgehead atoms. The van der Waals surface area contributed by atoms with E-state index in [1.54, 1.807) is 29.6 Å². The lowest BCUT2D eigenvalue weighted by Gasteiger charge is -2.15. The number of sulfonamides is 1. The molecule has 9 nitrogen and oxygen atoms in total. The van der Waals surface area contributed by atoms with Crippen LogP contribution >= 0.6 is 23.1 Å². The first-order chi connectivity index (χ1) is 14.3. The van der Waals surface area contributed by atoms with Crippen LogP contribution in [0.4, 0.5) is 9.93 Å². The molecule has 2 aromatic rings. The molecule has 3 amide bonds. The summed E-state index contributed by atoms with van der Waals surface area (Å²) in [6.45, 7) is 1.10. The maximum atomic E-state index is 12.6. The molecule has 0 radical (unpaired) electrons. The van der Waals surface area contributed by atoms with Gasteiger partial charge in [-0.3, -0.25) is 19.7 Å². The number of amides is 3. The van der Waals surface area contributed by atoms with E-state index in [0.717, 1.165) is 30.2 Å². The Morgan fingerprint density at radius 3 is 2.53 bits per heavy atom. The first-order valence-corrected chi connectivity index (χ1v) is 12.4. The van der Waals surface area contributed by atoms with Crippen molar-refractivity contribution in [1.29, 1.82) is 0 Å². The Labute approximate surface area is 181 Å². The number of imide groups is 1. The summed E-state index contributed by atoms with van der Waals surface area (Å²) in [7, 11) is -3.47. The molecule has 4 rings (SSSR count). The highest BCUT2D eigenvalue weighted by molar-refractivity contribution is 8.15. The van der Waals surface area contributed by atoms with E-state index in [2.05, 4.69) is 15.6 Å². The summed E-state index contributed by atoms with van der Waals surface area (Å²) in [6, 6.07) is 6.50. The third kappa shape index (κ3) is 4.41. The molecule has 2 aliphatic rings. The SMILES string of the molecule is O=C(CC1SC(=O)NC1=O)Nc1nc(-c2ccc(S(=O)(=O)N3CCCC3)cc2)cs1. The van der Waals surface area contributed by atoms with Crippen molar-refractivity contribution in [2.45, 2.75) is 29.4 Å². The number of anilines is 1. The number of carbonyl (C=O) groups excluding carboxylic acids is 3. The quantitative estimate of drug-likeness (QED) is 0.669. The van der Waals surface area contributed by atoms with Crippen LogP contribution in [-0.2, 0) is 19.6 Å². The van der Waals surface area contributed by atoms with Crippen LogP contribution in [0.2, 0.25) is 0 Å². The molecule has 158 valence electrons. The maximum absolute atomic E-state index is 12.6. The van der Waals surface area contributed by atoms with Crippen LogP contribution in [-0.4, -0.2) is 53.1 Å². The van der Waals surface area contributed by atoms with E-state index in [9.17, 15) is 22.8 Å². The lowest BCUT2D eigenvalue weighted by atomic mass is 10.2. The second-order valence-corrected chi connectivity index (χ2v) is 10.8. The van der Waals surface area contributed by atoms with Crippen molar-refractivity contribution < 1.29 is 22.8 Å². The average molecular weight is 467 g/mol. The zero-order valence-corrected chi connectivity index (χ0v) is 18.1. The highest BCUT2D eigenvalue weighted by atomic mass is 32.2. The van der Waals surface area contributed by atoms with E-state index < -0.39 is 32.3 Å². The van der Waals surface area contributed by atoms with Crippen LogP contribution < -0.4 is 10.6 Å². The third-order valence-corrected chi connectivity index (χ3v) is 8.39. The standard InChI is InChI=1S/C18H18N4O5S3/c23-15(9-14-16(24)21-18(25)29-14)20-17-19-13(10-28-17)11-3-5-12(6-4-11)30(26,27)22-7-1-2-8-22/h3-6,10,14H,1-2,7-9H2,(H,19,20,23)(H,21,24,25). The first-order valence-electron chi connectivity index (χ1n) is 9.20. The van der Waals surface area contributed by atoms with Crippen molar-refractivity contribution >= 4 is 55.3 Å². The van der Waals surface area contributed by atoms with Gasteiger partial charge in [-0.05, 0) is 25.0 Å². The van der Waals surface area contributed by atoms with Crippen molar-refractivity contribution in [2.75, 3.05) is 18.4 Å². The number of carbonyl (C=O) groups is 3. The van der Waals surface area contributed by atoms with E-state index in [1.165, 1.54) is 15.6 Å². The number of thiazole rings is 1. The first kappa shape index (κ1) is 21.0. The third-order valence-electron chi connectivity index (χ3n) is 4.74. The zero-order chi connectivity index (χ0) is 21.3. The fraction of sp³-hybridized carbons (Fsp3) is 0.333. The van der Waals surface area contributed by atoms with Crippen molar-refractivity contribution in [2.24, 2.45) is 0 Å². The van der Waals surface area contributed by atoms with Crippen LogP contribution in [0.5, 0.6) is 0 Å². The number of hydrogen-bond acceptors (Lipinski definition) is 8. The number of aromatic nitrogens is 1. The smallest absolute Gasteiger partial charge is 0.286 e. The second-order valence-electron chi connectivity index (χ2n) is 6.81. The lowest BCUT2D eigenvalue weighted by Crippen LogP contribution is -2.27. The van der Waals surface area contributed by atoms with Crippen LogP contribution in [0.3, 0.4) is 0 Å². The number of hydrogen-bond donors (Lipinski definition) is 2. The molecule has 2 fully saturated rings. The molecule has 0 saturated carbocycles. The maximum Gasteiger partial charge on any atom is 0.286 e. The van der Waals surface area contributed by atoms with Crippen molar-refractivity contribution in [3.63, 3.8) is 0 Å². The van der Waals surface area contributed by atoms with Gasteiger partial charge in [0.2, 0.25) is 21.8 Å². The number of benzene rings is 1. The summed E-state index contributed by atoms with van der Waals surface area (Å²) in [5, 5.41) is 5.69. The van der Waals surface area contributed by atoms with E-state index in [1.807, 2.05) is 0 Å². The predicted octanol–water partition coefficient (Wildman–Crippen LogP) is 2.27. The van der Waals surface area contributed by atoms with Crippen LogP contribution in [0.25, 0.3) is 11.3 Å². The van der Waals surface area contributed by atoms with Crippen LogP contribution in [0.15, 0.2) is 34.5 Å². The van der Waals surface area contributed by atoms with Crippen LogP contribution in [0.1, 0.15) is 19.3 Å². The molecule has 1 aromatic carbocycles. The van der Waals surface area contributed by atoms with Gasteiger partial charge in [-0.1, -0.05) is 23.9 Å². The minimum Gasteiger partial charge on any atom is -0.302 e. The Bertz CT molecular complexity index is 1090. The lowest BCUT2D eigenvalue weighted by molar-refractivity contribution is -0.122. The van der Waals surface area contributed by atoms with E-state index in [4.69, 9.17) is 0 Å². The Balaban J connectivity index is 1.40. The topological polar surface area (TPSA) is 126 Å². The number of rotatable bonds is 6. The minimum absolute atomic E-state index is 0.125. The van der Waals surface area contributed by atoms with Gasteiger partial charge in [0.05, 0.1) is 10.6 Å². The van der Waals surface area contributed by atoms with Gasteiger partial charge in [-0.2, -0.15) is 4.31 Å². The molecule has 2 N–H and O–H groups in total. The highest BCUT2D eigenvalue weighted by Crippen LogP contribution is 2.28. The summed E-state index contributed by atoms with van der Waals surface area (Å²) >= 11 is 2.02. The fourth-order valence-corrected chi connectivity index (χ4v) is 6.28. The molecule has 0 spiro atoms. The molecular weight excluding hydrogens is 448 g/mol. The summed E-state index contributed by atoms with van der Waals surface area (Å²) in [5.74, 6) is -0.880. The molecule has 1 unspecified atom stereocenters. The molecule has 0 aliphatic carbocycles. The van der Waals surface area contributed by atoms with Crippen molar-refractivity contribution in [1.82, 2.24) is 14.6 Å². The van der Waals surface area contributed by atoms with Crippen molar-refractivity contribution in [3.05, 3.63) is 29.6 Å². The zero-order valence-electron chi connectivity index (χ0n) is 15.7. The number of thioether (sulfide) groups is 1. The van der Waals surface area contributed by atoms with Crippen molar-refractivity contribution in [3.8, 4) is 11.3 Å². The van der Waals surface area contributed by atoms with Gasteiger partial charge >= 0.3 is 0 Å². The normalized spacial score (nSPS) is 19.8. The Kier molecular flexibility index (Phi) is 5.91. The van der Waals surface area contributed by atoms with Gasteiger partial charge in [-0.15, -0.1) is 11.3 Å². The van der Waals surface area contributed by atoms with E-state index >= 15 is 0 Å². The summed E-state index contributed by atoms with van der Waals surface area (Å²) in [4.78, 5) is 39.5. The summed E-state index contributed by atoms with van der Waals surface area (Å²) in [6.07, 6.45) is 1.64. The summed E-state index contributed by atoms with van der Waals surface area (Å²) in [5.41, 5.74) is 1.33. The molecule has 2 saturated heterocycles. The molecule has 2 aliphatic heterocycles. The monoisotopic (exact) mass is 466 g/mol. The molecule has 3 heterocycles. The molecule has 30 heavy (non-hydrogen) atoms.